The molecule has 1 aliphatic heterocycles. The third kappa shape index (κ3) is 2.05. The zero-order chi connectivity index (χ0) is 13.4. The maximum absolute atomic E-state index is 12.1. The number of amides is 2. The molecule has 100 valence electrons. The van der Waals surface area contributed by atoms with Crippen LogP contribution in [0, 0.1) is 0 Å². The smallest absolute Gasteiger partial charge is 0.276 e. The van der Waals surface area contributed by atoms with Crippen LogP contribution in [0.5, 0.6) is 0 Å². The van der Waals surface area contributed by atoms with Crippen LogP contribution in [-0.2, 0) is 0 Å². The van der Waals surface area contributed by atoms with E-state index < -0.39 is 6.10 Å². The van der Waals surface area contributed by atoms with Crippen molar-refractivity contribution in [2.75, 3.05) is 0 Å². The van der Waals surface area contributed by atoms with Crippen molar-refractivity contribution in [1.82, 2.24) is 10.4 Å². The molecule has 0 unspecified atom stereocenters. The third-order valence-electron chi connectivity index (χ3n) is 3.82. The summed E-state index contributed by atoms with van der Waals surface area (Å²) in [6.07, 6.45) is 2.97. The third-order valence-corrected chi connectivity index (χ3v) is 3.82. The highest BCUT2D eigenvalue weighted by Crippen LogP contribution is 2.24. The van der Waals surface area contributed by atoms with Gasteiger partial charge in [-0.1, -0.05) is 25.0 Å². The van der Waals surface area contributed by atoms with Gasteiger partial charge >= 0.3 is 0 Å². The summed E-state index contributed by atoms with van der Waals surface area (Å²) in [5.74, 6) is -0.670. The van der Waals surface area contributed by atoms with Crippen LogP contribution in [0.4, 0.5) is 0 Å². The van der Waals surface area contributed by atoms with Gasteiger partial charge in [0.2, 0.25) is 0 Å². The number of imide groups is 1. The fraction of sp³-hybridized carbons (Fsp3) is 0.429. The second-order valence-corrected chi connectivity index (χ2v) is 5.08. The molecule has 1 heterocycles. The van der Waals surface area contributed by atoms with E-state index in [9.17, 15) is 14.7 Å². The molecule has 1 aliphatic carbocycles. The van der Waals surface area contributed by atoms with Crippen LogP contribution in [0.3, 0.4) is 0 Å². The lowest BCUT2D eigenvalue weighted by atomic mass is 9.93. The zero-order valence-electron chi connectivity index (χ0n) is 10.5. The molecule has 3 rings (SSSR count). The van der Waals surface area contributed by atoms with Crippen LogP contribution in [0.1, 0.15) is 46.4 Å². The monoisotopic (exact) mass is 260 g/mol. The zero-order valence-corrected chi connectivity index (χ0v) is 10.5. The van der Waals surface area contributed by atoms with Crippen LogP contribution in [0.25, 0.3) is 0 Å². The first-order valence-corrected chi connectivity index (χ1v) is 6.60. The Morgan fingerprint density at radius 2 is 1.63 bits per heavy atom. The molecule has 19 heavy (non-hydrogen) atoms. The maximum Gasteiger partial charge on any atom is 0.276 e. The standard InChI is InChI=1S/C14H16N2O3/c17-12-8-4-3-7-11(12)15-16-13(18)9-5-1-2-6-10(9)14(16)19/h1-2,5-6,11-12,15,17H,3-4,7-8H2/t11-,12+/m0/s1. The van der Waals surface area contributed by atoms with E-state index in [-0.39, 0.29) is 17.9 Å². The molecule has 1 fully saturated rings. The number of fused-ring (bicyclic) bond motifs is 1. The average molecular weight is 260 g/mol. The van der Waals surface area contributed by atoms with Crippen LogP contribution >= 0.6 is 0 Å². The Bertz CT molecular complexity index is 494. The Balaban J connectivity index is 1.80. The number of benzene rings is 1. The van der Waals surface area contributed by atoms with Crippen molar-refractivity contribution in [2.24, 2.45) is 0 Å². The first-order valence-electron chi connectivity index (χ1n) is 6.60. The Kier molecular flexibility index (Phi) is 3.08. The average Bonchev–Trinajstić information content (AvgIpc) is 2.67. The molecule has 1 aromatic carbocycles. The minimum Gasteiger partial charge on any atom is -0.391 e. The summed E-state index contributed by atoms with van der Waals surface area (Å²) in [5, 5.41) is 11.0. The summed E-state index contributed by atoms with van der Waals surface area (Å²) in [6, 6.07) is 6.55. The van der Waals surface area contributed by atoms with Gasteiger partial charge in [-0.25, -0.2) is 10.4 Å². The molecule has 0 saturated heterocycles. The lowest BCUT2D eigenvalue weighted by Gasteiger charge is -2.31. The molecule has 2 N–H and O–H groups in total. The van der Waals surface area contributed by atoms with Gasteiger partial charge in [-0.3, -0.25) is 9.59 Å². The molecule has 5 heteroatoms. The summed E-state index contributed by atoms with van der Waals surface area (Å²) in [4.78, 5) is 24.3. The number of hydrazine groups is 1. The molecule has 0 bridgehead atoms. The van der Waals surface area contributed by atoms with Crippen molar-refractivity contribution < 1.29 is 14.7 Å². The molecular formula is C14H16N2O3. The van der Waals surface area contributed by atoms with Gasteiger partial charge < -0.3 is 5.11 Å². The van der Waals surface area contributed by atoms with Gasteiger partial charge in [0, 0.05) is 0 Å². The summed E-state index contributed by atoms with van der Waals surface area (Å²) < 4.78 is 0. The highest BCUT2D eigenvalue weighted by Gasteiger charge is 2.38. The topological polar surface area (TPSA) is 69.6 Å². The molecule has 0 spiro atoms. The second-order valence-electron chi connectivity index (χ2n) is 5.08. The highest BCUT2D eigenvalue weighted by molar-refractivity contribution is 6.20. The molecule has 5 nitrogen and oxygen atoms in total. The minimum atomic E-state index is -0.502. The van der Waals surface area contributed by atoms with Crippen molar-refractivity contribution in [3.8, 4) is 0 Å². The van der Waals surface area contributed by atoms with Gasteiger partial charge in [-0.15, -0.1) is 0 Å². The van der Waals surface area contributed by atoms with Crippen molar-refractivity contribution >= 4 is 11.8 Å². The van der Waals surface area contributed by atoms with E-state index in [4.69, 9.17) is 0 Å². The SMILES string of the molecule is O=C1c2ccccc2C(=O)N1N[C@H]1CCCC[C@H]1O. The van der Waals surface area contributed by atoms with Gasteiger partial charge in [-0.05, 0) is 25.0 Å². The minimum absolute atomic E-state index is 0.226. The predicted molar refractivity (Wildman–Crippen MR) is 68.3 cm³/mol. The fourth-order valence-electron chi connectivity index (χ4n) is 2.73. The van der Waals surface area contributed by atoms with Gasteiger partial charge in [-0.2, -0.15) is 0 Å². The fourth-order valence-corrected chi connectivity index (χ4v) is 2.73. The summed E-state index contributed by atoms with van der Waals surface area (Å²) >= 11 is 0. The Hall–Kier alpha value is -1.72. The number of carbonyl (C=O) groups excluding carboxylic acids is 2. The molecule has 0 radical (unpaired) electrons. The molecule has 0 aromatic heterocycles. The van der Waals surface area contributed by atoms with Gasteiger partial charge in [0.15, 0.2) is 0 Å². The van der Waals surface area contributed by atoms with E-state index >= 15 is 0 Å². The molecular weight excluding hydrogens is 244 g/mol. The van der Waals surface area contributed by atoms with Crippen LogP contribution in [0.15, 0.2) is 24.3 Å². The molecule has 1 saturated carbocycles. The quantitative estimate of drug-likeness (QED) is 0.781. The summed E-state index contributed by atoms with van der Waals surface area (Å²) in [5.41, 5.74) is 3.74. The Morgan fingerprint density at radius 1 is 1.05 bits per heavy atom. The van der Waals surface area contributed by atoms with E-state index in [1.165, 1.54) is 0 Å². The van der Waals surface area contributed by atoms with Gasteiger partial charge in [0.1, 0.15) is 0 Å². The second kappa shape index (κ2) is 4.75. The van der Waals surface area contributed by atoms with Gasteiger partial charge in [0.25, 0.3) is 11.8 Å². The molecule has 1 aromatic rings. The number of hydrogen-bond acceptors (Lipinski definition) is 4. The van der Waals surface area contributed by atoms with Crippen molar-refractivity contribution in [3.05, 3.63) is 35.4 Å². The predicted octanol–water partition coefficient (Wildman–Crippen LogP) is 1.09. The normalized spacial score (nSPS) is 26.7. The lowest BCUT2D eigenvalue weighted by molar-refractivity contribution is 0.0317. The van der Waals surface area contributed by atoms with E-state index in [2.05, 4.69) is 5.43 Å². The number of rotatable bonds is 2. The largest absolute Gasteiger partial charge is 0.391 e. The summed E-state index contributed by atoms with van der Waals surface area (Å²) in [7, 11) is 0. The van der Waals surface area contributed by atoms with Crippen LogP contribution in [-0.4, -0.2) is 34.1 Å². The Labute approximate surface area is 111 Å². The van der Waals surface area contributed by atoms with E-state index in [0.717, 1.165) is 24.3 Å². The van der Waals surface area contributed by atoms with E-state index in [0.29, 0.717) is 17.5 Å². The van der Waals surface area contributed by atoms with Crippen molar-refractivity contribution in [2.45, 2.75) is 37.8 Å². The first kappa shape index (κ1) is 12.3. The molecule has 2 atom stereocenters. The van der Waals surface area contributed by atoms with E-state index in [1.807, 2.05) is 0 Å². The number of aliphatic hydroxyl groups is 1. The Morgan fingerprint density at radius 3 is 2.21 bits per heavy atom. The molecule has 2 amide bonds. The first-order chi connectivity index (χ1) is 9.18. The van der Waals surface area contributed by atoms with Crippen molar-refractivity contribution in [3.63, 3.8) is 0 Å². The van der Waals surface area contributed by atoms with Crippen LogP contribution in [0.2, 0.25) is 0 Å². The highest BCUT2D eigenvalue weighted by atomic mass is 16.3. The number of nitrogens with one attached hydrogen (secondary N) is 1. The van der Waals surface area contributed by atoms with E-state index in [1.54, 1.807) is 24.3 Å². The summed E-state index contributed by atoms with van der Waals surface area (Å²) in [6.45, 7) is 0. The lowest BCUT2D eigenvalue weighted by Crippen LogP contribution is -2.53. The van der Waals surface area contributed by atoms with Crippen LogP contribution < -0.4 is 5.43 Å². The number of nitrogens with zero attached hydrogens (tertiary/aromatic N) is 1. The van der Waals surface area contributed by atoms with Crippen molar-refractivity contribution in [1.29, 1.82) is 0 Å². The maximum atomic E-state index is 12.1. The van der Waals surface area contributed by atoms with Gasteiger partial charge in [0.05, 0.1) is 23.3 Å². The number of carbonyl (C=O) groups is 2. The molecule has 2 aliphatic rings. The number of hydrogen-bond donors (Lipinski definition) is 2. The number of aliphatic hydroxyl groups excluding tert-OH is 1.